The lowest BCUT2D eigenvalue weighted by Crippen LogP contribution is -1.92. The van der Waals surface area contributed by atoms with Gasteiger partial charge in [0.1, 0.15) is 5.75 Å². The fraction of sp³-hybridized carbons (Fsp3) is 0.111. The molecule has 0 unspecified atom stereocenters. The van der Waals surface area contributed by atoms with E-state index in [1.807, 2.05) is 44.2 Å². The summed E-state index contributed by atoms with van der Waals surface area (Å²) in [6.45, 7) is 4.00. The highest BCUT2D eigenvalue weighted by atomic mass is 16.5. The van der Waals surface area contributed by atoms with Crippen molar-refractivity contribution in [1.82, 2.24) is 19.9 Å². The van der Waals surface area contributed by atoms with E-state index >= 15 is 0 Å². The molecule has 3 heterocycles. The molecule has 0 aliphatic rings. The fourth-order valence-electron chi connectivity index (χ4n) is 2.22. The first-order valence-corrected chi connectivity index (χ1v) is 7.49. The molecule has 0 saturated heterocycles. The third kappa shape index (κ3) is 2.94. The van der Waals surface area contributed by atoms with Crippen LogP contribution in [0, 0.1) is 0 Å². The largest absolute Gasteiger partial charge is 0.454 e. The number of pyridine rings is 2. The molecule has 5 heteroatoms. The molecule has 0 radical (unpaired) electrons. The second-order valence-corrected chi connectivity index (χ2v) is 4.47. The Bertz CT molecular complexity index is 852. The molecule has 0 amide bonds. The molecule has 23 heavy (non-hydrogen) atoms. The van der Waals surface area contributed by atoms with Crippen LogP contribution in [0.3, 0.4) is 0 Å². The number of hydrogen-bond donors (Lipinski definition) is 0. The second kappa shape index (κ2) is 6.79. The van der Waals surface area contributed by atoms with E-state index in [4.69, 9.17) is 4.74 Å². The predicted molar refractivity (Wildman–Crippen MR) is 90.5 cm³/mol. The van der Waals surface area contributed by atoms with Crippen LogP contribution in [0.1, 0.15) is 13.8 Å². The lowest BCUT2D eigenvalue weighted by atomic mass is 10.2. The van der Waals surface area contributed by atoms with Crippen molar-refractivity contribution in [3.63, 3.8) is 0 Å². The second-order valence-electron chi connectivity index (χ2n) is 4.47. The van der Waals surface area contributed by atoms with Gasteiger partial charge in [-0.25, -0.2) is 15.0 Å². The van der Waals surface area contributed by atoms with Gasteiger partial charge in [0.25, 0.3) is 0 Å². The zero-order chi connectivity index (χ0) is 16.1. The fourth-order valence-corrected chi connectivity index (χ4v) is 2.22. The van der Waals surface area contributed by atoms with Crippen LogP contribution in [0.4, 0.5) is 0 Å². The quantitative estimate of drug-likeness (QED) is 0.549. The van der Waals surface area contributed by atoms with Crippen LogP contribution in [-0.2, 0) is 0 Å². The van der Waals surface area contributed by atoms with E-state index in [1.54, 1.807) is 30.9 Å². The molecule has 0 fully saturated rings. The summed E-state index contributed by atoms with van der Waals surface area (Å²) in [6, 6.07) is 11.4. The molecule has 0 bridgehead atoms. The molecule has 5 nitrogen and oxygen atoms in total. The Morgan fingerprint density at radius 1 is 0.696 bits per heavy atom. The van der Waals surface area contributed by atoms with Crippen LogP contribution >= 0.6 is 0 Å². The maximum atomic E-state index is 6.02. The molecule has 0 saturated carbocycles. The topological polar surface area (TPSA) is 60.8 Å². The summed E-state index contributed by atoms with van der Waals surface area (Å²) in [6.07, 6.45) is 6.66. The van der Waals surface area contributed by atoms with Crippen molar-refractivity contribution in [2.24, 2.45) is 0 Å². The van der Waals surface area contributed by atoms with Crippen molar-refractivity contribution in [3.05, 3.63) is 61.2 Å². The maximum absolute atomic E-state index is 6.02. The van der Waals surface area contributed by atoms with Gasteiger partial charge in [0.2, 0.25) is 0 Å². The van der Waals surface area contributed by atoms with Crippen LogP contribution in [0.5, 0.6) is 11.5 Å². The molecule has 114 valence electrons. The first-order chi connectivity index (χ1) is 11.4. The summed E-state index contributed by atoms with van der Waals surface area (Å²) in [7, 11) is 0. The summed E-state index contributed by atoms with van der Waals surface area (Å²) in [4.78, 5) is 17.0. The molecule has 0 atom stereocenters. The van der Waals surface area contributed by atoms with E-state index in [-0.39, 0.29) is 0 Å². The molecule has 0 N–H and O–H groups in total. The van der Waals surface area contributed by atoms with Crippen molar-refractivity contribution < 1.29 is 4.74 Å². The molecule has 4 aromatic rings. The Kier molecular flexibility index (Phi) is 4.38. The number of aromatic nitrogens is 4. The first kappa shape index (κ1) is 14.8. The molecular formula is C18H16N4O. The van der Waals surface area contributed by atoms with E-state index in [1.165, 1.54) is 0 Å². The normalized spacial score (nSPS) is 10.2. The van der Waals surface area contributed by atoms with E-state index in [2.05, 4.69) is 19.9 Å². The van der Waals surface area contributed by atoms with Crippen LogP contribution < -0.4 is 4.74 Å². The van der Waals surface area contributed by atoms with Crippen molar-refractivity contribution >= 4 is 22.1 Å². The van der Waals surface area contributed by atoms with Gasteiger partial charge in [-0.3, -0.25) is 4.98 Å². The average molecular weight is 304 g/mol. The predicted octanol–water partition coefficient (Wildman–Crippen LogP) is 4.39. The molecular weight excluding hydrogens is 288 g/mol. The van der Waals surface area contributed by atoms with Gasteiger partial charge in [0.15, 0.2) is 16.9 Å². The van der Waals surface area contributed by atoms with Crippen LogP contribution in [0.25, 0.3) is 22.1 Å². The smallest absolute Gasteiger partial charge is 0.182 e. The standard InChI is InChI=1S/C16H10N4O.C2H6/c1-4-12-11(3-2-7-17-12)13(5-1)21-14-6-8-19-16-15(14)18-9-10-20-16;1-2/h1-10H;1-2H3. The Morgan fingerprint density at radius 3 is 2.43 bits per heavy atom. The summed E-state index contributed by atoms with van der Waals surface area (Å²) in [5.74, 6) is 1.36. The Labute approximate surface area is 134 Å². The molecule has 0 aliphatic heterocycles. The highest BCUT2D eigenvalue weighted by Crippen LogP contribution is 2.31. The van der Waals surface area contributed by atoms with Gasteiger partial charge in [-0.1, -0.05) is 19.9 Å². The minimum absolute atomic E-state index is 0.563. The van der Waals surface area contributed by atoms with Gasteiger partial charge < -0.3 is 4.74 Å². The highest BCUT2D eigenvalue weighted by Gasteiger charge is 2.08. The van der Waals surface area contributed by atoms with Crippen LogP contribution in [-0.4, -0.2) is 19.9 Å². The Balaban J connectivity index is 0.000000753. The number of ether oxygens (including phenoxy) is 1. The zero-order valence-corrected chi connectivity index (χ0v) is 13.0. The molecule has 1 aromatic carbocycles. The van der Waals surface area contributed by atoms with Crippen LogP contribution in [0.2, 0.25) is 0 Å². The van der Waals surface area contributed by atoms with Gasteiger partial charge in [-0.05, 0) is 24.3 Å². The summed E-state index contributed by atoms with van der Waals surface area (Å²) in [5, 5.41) is 0.953. The minimum atomic E-state index is 0.563. The van der Waals surface area contributed by atoms with Crippen molar-refractivity contribution in [3.8, 4) is 11.5 Å². The number of fused-ring (bicyclic) bond motifs is 2. The van der Waals surface area contributed by atoms with Crippen LogP contribution in [0.15, 0.2) is 61.2 Å². The van der Waals surface area contributed by atoms with Gasteiger partial charge in [-0.15, -0.1) is 0 Å². The molecule has 3 aromatic heterocycles. The summed E-state index contributed by atoms with van der Waals surface area (Å²) in [5.41, 5.74) is 2.09. The minimum Gasteiger partial charge on any atom is -0.454 e. The maximum Gasteiger partial charge on any atom is 0.182 e. The summed E-state index contributed by atoms with van der Waals surface area (Å²) >= 11 is 0. The summed E-state index contributed by atoms with van der Waals surface area (Å²) < 4.78 is 6.02. The molecule has 0 spiro atoms. The number of rotatable bonds is 2. The van der Waals surface area contributed by atoms with Crippen molar-refractivity contribution in [2.45, 2.75) is 13.8 Å². The molecule has 4 rings (SSSR count). The average Bonchev–Trinajstić information content (AvgIpc) is 2.64. The van der Waals surface area contributed by atoms with E-state index in [9.17, 15) is 0 Å². The number of benzene rings is 1. The van der Waals surface area contributed by atoms with Gasteiger partial charge in [0, 0.05) is 36.2 Å². The first-order valence-electron chi connectivity index (χ1n) is 7.49. The SMILES string of the molecule is CC.c1cc(Oc2ccnc3nccnc23)c2cccnc2c1. The zero-order valence-electron chi connectivity index (χ0n) is 13.0. The lowest BCUT2D eigenvalue weighted by molar-refractivity contribution is 0.492. The van der Waals surface area contributed by atoms with Gasteiger partial charge in [0.05, 0.1) is 5.52 Å². The van der Waals surface area contributed by atoms with Crippen molar-refractivity contribution in [1.29, 1.82) is 0 Å². The third-order valence-electron chi connectivity index (χ3n) is 3.16. The number of hydrogen-bond acceptors (Lipinski definition) is 5. The van der Waals surface area contributed by atoms with E-state index in [0.29, 0.717) is 16.9 Å². The van der Waals surface area contributed by atoms with E-state index in [0.717, 1.165) is 16.7 Å². The monoisotopic (exact) mass is 304 g/mol. The lowest BCUT2D eigenvalue weighted by Gasteiger charge is -2.09. The molecule has 0 aliphatic carbocycles. The van der Waals surface area contributed by atoms with Crippen molar-refractivity contribution in [2.75, 3.05) is 0 Å². The Hall–Kier alpha value is -3.08. The van der Waals surface area contributed by atoms with Gasteiger partial charge >= 0.3 is 0 Å². The third-order valence-corrected chi connectivity index (χ3v) is 3.16. The van der Waals surface area contributed by atoms with E-state index < -0.39 is 0 Å². The number of nitrogens with zero attached hydrogens (tertiary/aromatic N) is 4. The highest BCUT2D eigenvalue weighted by molar-refractivity contribution is 5.86. The Morgan fingerprint density at radius 2 is 1.52 bits per heavy atom. The van der Waals surface area contributed by atoms with Gasteiger partial charge in [-0.2, -0.15) is 0 Å².